The minimum absolute atomic E-state index is 0.843. The number of rotatable bonds is 9. The predicted octanol–water partition coefficient (Wildman–Crippen LogP) is 3.57. The summed E-state index contributed by atoms with van der Waals surface area (Å²) >= 11 is 1.75. The lowest BCUT2D eigenvalue weighted by atomic mass is 10.1. The molecule has 1 aromatic heterocycles. The highest BCUT2D eigenvalue weighted by Crippen LogP contribution is 2.10. The quantitative estimate of drug-likeness (QED) is 0.415. The number of guanidine groups is 1. The van der Waals surface area contributed by atoms with E-state index in [2.05, 4.69) is 63.2 Å². The molecule has 0 saturated heterocycles. The van der Waals surface area contributed by atoms with Crippen molar-refractivity contribution in [3.8, 4) is 0 Å². The Labute approximate surface area is 149 Å². The van der Waals surface area contributed by atoms with Crippen LogP contribution in [0.3, 0.4) is 0 Å². The second-order valence-electron chi connectivity index (χ2n) is 5.76. The largest absolute Gasteiger partial charge is 0.357 e. The monoisotopic (exact) mass is 344 g/mol. The zero-order chi connectivity index (χ0) is 17.0. The Hall–Kier alpha value is -1.88. The fourth-order valence-electron chi connectivity index (χ4n) is 2.42. The van der Waals surface area contributed by atoms with Crippen molar-refractivity contribution >= 4 is 17.3 Å². The molecule has 1 heterocycles. The van der Waals surface area contributed by atoms with Gasteiger partial charge in [0.2, 0.25) is 0 Å². The van der Waals surface area contributed by atoms with E-state index >= 15 is 0 Å². The lowest BCUT2D eigenvalue weighted by Gasteiger charge is -2.10. The van der Waals surface area contributed by atoms with Gasteiger partial charge in [0.25, 0.3) is 0 Å². The lowest BCUT2D eigenvalue weighted by molar-refractivity contribution is 0.734. The van der Waals surface area contributed by atoms with Crippen molar-refractivity contribution in [1.82, 2.24) is 15.6 Å². The molecule has 2 rings (SSSR count). The third-order valence-electron chi connectivity index (χ3n) is 3.61. The number of hydrogen-bond acceptors (Lipinski definition) is 3. The van der Waals surface area contributed by atoms with Crippen LogP contribution in [-0.4, -0.2) is 30.6 Å². The molecule has 0 unspecified atom stereocenters. The van der Waals surface area contributed by atoms with Gasteiger partial charge in [-0.25, -0.2) is 4.98 Å². The standard InChI is InChI=1S/C19H28N4S/c1-3-20-19(21-13-7-11-17-9-5-4-6-10-17)22-14-8-12-18-23-16(2)15-24-18/h4-6,9-10,15H,3,7-8,11-14H2,1-2H3,(H2,20,21,22). The van der Waals surface area contributed by atoms with Crippen LogP contribution in [0.5, 0.6) is 0 Å². The molecular formula is C19H28N4S. The van der Waals surface area contributed by atoms with Gasteiger partial charge < -0.3 is 10.6 Å². The molecule has 0 aliphatic carbocycles. The zero-order valence-corrected chi connectivity index (χ0v) is 15.5. The molecule has 0 atom stereocenters. The SMILES string of the molecule is CCNC(=NCCCc1ccccc1)NCCCc1nc(C)cs1. The van der Waals surface area contributed by atoms with Crippen LogP contribution in [0.25, 0.3) is 0 Å². The highest BCUT2D eigenvalue weighted by Gasteiger charge is 2.00. The van der Waals surface area contributed by atoms with Crippen LogP contribution in [-0.2, 0) is 12.8 Å². The first-order chi connectivity index (χ1) is 11.8. The summed E-state index contributed by atoms with van der Waals surface area (Å²) < 4.78 is 0. The molecule has 0 aliphatic rings. The van der Waals surface area contributed by atoms with Crippen molar-refractivity contribution in [2.75, 3.05) is 19.6 Å². The van der Waals surface area contributed by atoms with Gasteiger partial charge in [-0.3, -0.25) is 4.99 Å². The average molecular weight is 345 g/mol. The minimum atomic E-state index is 0.843. The number of hydrogen-bond donors (Lipinski definition) is 2. The van der Waals surface area contributed by atoms with Crippen molar-refractivity contribution in [3.05, 3.63) is 52.0 Å². The van der Waals surface area contributed by atoms with Crippen LogP contribution in [0.1, 0.15) is 36.0 Å². The smallest absolute Gasteiger partial charge is 0.191 e. The fraction of sp³-hybridized carbons (Fsp3) is 0.474. The first kappa shape index (κ1) is 18.5. The van der Waals surface area contributed by atoms with E-state index in [1.54, 1.807) is 11.3 Å². The summed E-state index contributed by atoms with van der Waals surface area (Å²) in [6, 6.07) is 10.6. The van der Waals surface area contributed by atoms with E-state index in [-0.39, 0.29) is 0 Å². The summed E-state index contributed by atoms with van der Waals surface area (Å²) in [5.74, 6) is 0.917. The third kappa shape index (κ3) is 7.13. The first-order valence-electron chi connectivity index (χ1n) is 8.75. The molecule has 5 heteroatoms. The first-order valence-corrected chi connectivity index (χ1v) is 9.63. The number of benzene rings is 1. The van der Waals surface area contributed by atoms with Crippen LogP contribution >= 0.6 is 11.3 Å². The molecule has 130 valence electrons. The summed E-state index contributed by atoms with van der Waals surface area (Å²) in [5, 5.41) is 10.1. The molecular weight excluding hydrogens is 316 g/mol. The highest BCUT2D eigenvalue weighted by atomic mass is 32.1. The second-order valence-corrected chi connectivity index (χ2v) is 6.71. The number of aliphatic imine (C=N–C) groups is 1. The van der Waals surface area contributed by atoms with E-state index in [9.17, 15) is 0 Å². The Morgan fingerprint density at radius 1 is 1.12 bits per heavy atom. The Morgan fingerprint density at radius 3 is 2.67 bits per heavy atom. The van der Waals surface area contributed by atoms with Crippen LogP contribution in [0, 0.1) is 6.92 Å². The lowest BCUT2D eigenvalue weighted by Crippen LogP contribution is -2.38. The van der Waals surface area contributed by atoms with Crippen molar-refractivity contribution in [3.63, 3.8) is 0 Å². The van der Waals surface area contributed by atoms with E-state index in [4.69, 9.17) is 0 Å². The molecule has 24 heavy (non-hydrogen) atoms. The summed E-state index contributed by atoms with van der Waals surface area (Å²) in [7, 11) is 0. The summed E-state index contributed by atoms with van der Waals surface area (Å²) in [5.41, 5.74) is 2.50. The van der Waals surface area contributed by atoms with Crippen molar-refractivity contribution < 1.29 is 0 Å². The van der Waals surface area contributed by atoms with E-state index in [0.717, 1.165) is 57.0 Å². The third-order valence-corrected chi connectivity index (χ3v) is 4.63. The van der Waals surface area contributed by atoms with Crippen molar-refractivity contribution in [2.45, 2.75) is 39.5 Å². The number of aryl methyl sites for hydroxylation is 3. The summed E-state index contributed by atoms with van der Waals surface area (Å²) in [4.78, 5) is 9.16. The van der Waals surface area contributed by atoms with E-state index in [1.807, 2.05) is 6.92 Å². The normalized spacial score (nSPS) is 11.5. The number of nitrogens with one attached hydrogen (secondary N) is 2. The molecule has 0 bridgehead atoms. The van der Waals surface area contributed by atoms with Gasteiger partial charge in [-0.15, -0.1) is 11.3 Å². The molecule has 0 radical (unpaired) electrons. The molecule has 1 aromatic carbocycles. The topological polar surface area (TPSA) is 49.3 Å². The van der Waals surface area contributed by atoms with E-state index in [1.165, 1.54) is 10.6 Å². The molecule has 0 fully saturated rings. The molecule has 2 aromatic rings. The molecule has 2 N–H and O–H groups in total. The van der Waals surface area contributed by atoms with Gasteiger partial charge in [-0.2, -0.15) is 0 Å². The molecule has 0 amide bonds. The van der Waals surface area contributed by atoms with Crippen LogP contribution < -0.4 is 10.6 Å². The second kappa shape index (κ2) is 10.8. The average Bonchev–Trinajstić information content (AvgIpc) is 3.01. The number of aromatic nitrogens is 1. The van der Waals surface area contributed by atoms with Crippen LogP contribution in [0.15, 0.2) is 40.7 Å². The highest BCUT2D eigenvalue weighted by molar-refractivity contribution is 7.09. The van der Waals surface area contributed by atoms with E-state index < -0.39 is 0 Å². The number of nitrogens with zero attached hydrogens (tertiary/aromatic N) is 2. The Morgan fingerprint density at radius 2 is 1.96 bits per heavy atom. The fourth-order valence-corrected chi connectivity index (χ4v) is 3.24. The Balaban J connectivity index is 1.66. The Kier molecular flexibility index (Phi) is 8.32. The summed E-state index contributed by atoms with van der Waals surface area (Å²) in [6.07, 6.45) is 4.24. The van der Waals surface area contributed by atoms with Gasteiger partial charge in [-0.1, -0.05) is 30.3 Å². The van der Waals surface area contributed by atoms with E-state index in [0.29, 0.717) is 0 Å². The maximum atomic E-state index is 4.66. The van der Waals surface area contributed by atoms with Crippen LogP contribution in [0.4, 0.5) is 0 Å². The number of thiazole rings is 1. The van der Waals surface area contributed by atoms with Gasteiger partial charge >= 0.3 is 0 Å². The Bertz CT molecular complexity index is 607. The molecule has 0 aliphatic heterocycles. The van der Waals surface area contributed by atoms with Crippen molar-refractivity contribution in [2.24, 2.45) is 4.99 Å². The maximum Gasteiger partial charge on any atom is 0.191 e. The van der Waals surface area contributed by atoms with Gasteiger partial charge in [-0.05, 0) is 38.7 Å². The maximum absolute atomic E-state index is 4.66. The molecule has 4 nitrogen and oxygen atoms in total. The van der Waals surface area contributed by atoms with Gasteiger partial charge in [0.05, 0.1) is 5.01 Å². The molecule has 0 saturated carbocycles. The van der Waals surface area contributed by atoms with Gasteiger partial charge in [0.15, 0.2) is 5.96 Å². The van der Waals surface area contributed by atoms with Gasteiger partial charge in [0.1, 0.15) is 0 Å². The van der Waals surface area contributed by atoms with Gasteiger partial charge in [0, 0.05) is 37.1 Å². The molecule has 0 spiro atoms. The van der Waals surface area contributed by atoms with Crippen LogP contribution in [0.2, 0.25) is 0 Å². The van der Waals surface area contributed by atoms with Crippen molar-refractivity contribution in [1.29, 1.82) is 0 Å². The summed E-state index contributed by atoms with van der Waals surface area (Å²) in [6.45, 7) is 6.79. The minimum Gasteiger partial charge on any atom is -0.357 e. The zero-order valence-electron chi connectivity index (χ0n) is 14.7. The predicted molar refractivity (Wildman–Crippen MR) is 104 cm³/mol.